The van der Waals surface area contributed by atoms with Crippen LogP contribution in [0.3, 0.4) is 0 Å². The van der Waals surface area contributed by atoms with Crippen LogP contribution in [0.5, 0.6) is 0 Å². The third-order valence-electron chi connectivity index (χ3n) is 4.61. The fourth-order valence-corrected chi connectivity index (χ4v) is 3.93. The van der Waals surface area contributed by atoms with Crippen LogP contribution in [0.1, 0.15) is 61.7 Å². The lowest BCUT2D eigenvalue weighted by Crippen LogP contribution is -2.14. The molecule has 0 unspecified atom stereocenters. The number of rotatable bonds is 7. The van der Waals surface area contributed by atoms with Gasteiger partial charge in [0.25, 0.3) is 0 Å². The Labute approximate surface area is 157 Å². The fraction of sp³-hybridized carbons (Fsp3) is 0.381. The molecule has 1 aromatic carbocycles. The minimum Gasteiger partial charge on any atom is -0.457 e. The average molecular weight is 370 g/mol. The summed E-state index contributed by atoms with van der Waals surface area (Å²) >= 11 is 1.38. The molecule has 0 saturated carbocycles. The molecule has 1 aliphatic rings. The Morgan fingerprint density at radius 2 is 1.73 bits per heavy atom. The molecule has 3 rings (SSSR count). The van der Waals surface area contributed by atoms with E-state index in [0.29, 0.717) is 10.4 Å². The fourth-order valence-electron chi connectivity index (χ4n) is 3.14. The maximum absolute atomic E-state index is 12.3. The van der Waals surface area contributed by atoms with Crippen molar-refractivity contribution in [1.82, 2.24) is 0 Å². The Morgan fingerprint density at radius 1 is 0.962 bits per heavy atom. The normalized spacial score (nSPS) is 13.1. The molecule has 0 bridgehead atoms. The summed E-state index contributed by atoms with van der Waals surface area (Å²) in [5.74, 6) is -0.786. The molecule has 2 aromatic rings. The molecule has 4 nitrogen and oxygen atoms in total. The summed E-state index contributed by atoms with van der Waals surface area (Å²) in [4.78, 5) is 37.7. The molecule has 0 spiro atoms. The van der Waals surface area contributed by atoms with E-state index in [9.17, 15) is 14.4 Å². The van der Waals surface area contributed by atoms with Crippen LogP contribution in [-0.2, 0) is 22.4 Å². The van der Waals surface area contributed by atoms with E-state index in [1.807, 2.05) is 31.2 Å². The van der Waals surface area contributed by atoms with Crippen LogP contribution in [0.15, 0.2) is 30.3 Å². The van der Waals surface area contributed by atoms with Gasteiger partial charge in [-0.05, 0) is 61.9 Å². The lowest BCUT2D eigenvalue weighted by atomic mass is 9.89. The first-order valence-electron chi connectivity index (χ1n) is 8.93. The Bertz CT molecular complexity index is 834. The zero-order chi connectivity index (χ0) is 18.5. The lowest BCUT2D eigenvalue weighted by Gasteiger charge is -2.16. The third kappa shape index (κ3) is 4.67. The number of carbonyl (C=O) groups excluding carboxylic acids is 3. The first-order valence-corrected chi connectivity index (χ1v) is 9.75. The number of hydrogen-bond donors (Lipinski definition) is 0. The molecule has 5 heteroatoms. The number of ether oxygens (including phenoxy) is 1. The molecule has 0 atom stereocenters. The van der Waals surface area contributed by atoms with Crippen LogP contribution in [0.2, 0.25) is 0 Å². The molecule has 1 aromatic heterocycles. The van der Waals surface area contributed by atoms with Crippen molar-refractivity contribution in [1.29, 1.82) is 0 Å². The average Bonchev–Trinajstić information content (AvgIpc) is 3.10. The Morgan fingerprint density at radius 3 is 2.46 bits per heavy atom. The lowest BCUT2D eigenvalue weighted by molar-refractivity contribution is -0.142. The van der Waals surface area contributed by atoms with Gasteiger partial charge in [0.15, 0.2) is 12.4 Å². The highest BCUT2D eigenvalue weighted by Gasteiger charge is 2.16. The maximum atomic E-state index is 12.3. The van der Waals surface area contributed by atoms with Gasteiger partial charge in [0, 0.05) is 16.9 Å². The summed E-state index contributed by atoms with van der Waals surface area (Å²) in [6.45, 7) is 1.64. The molecule has 0 N–H and O–H groups in total. The van der Waals surface area contributed by atoms with Crippen molar-refractivity contribution < 1.29 is 19.1 Å². The van der Waals surface area contributed by atoms with Crippen LogP contribution < -0.4 is 0 Å². The topological polar surface area (TPSA) is 60.4 Å². The molecule has 0 aliphatic heterocycles. The highest BCUT2D eigenvalue weighted by atomic mass is 32.1. The molecule has 1 heterocycles. The molecule has 0 fully saturated rings. The smallest absolute Gasteiger partial charge is 0.306 e. The number of hydrogen-bond acceptors (Lipinski definition) is 5. The molecular formula is C21H22O4S. The van der Waals surface area contributed by atoms with Gasteiger partial charge in [-0.1, -0.05) is 12.1 Å². The van der Waals surface area contributed by atoms with Gasteiger partial charge < -0.3 is 4.74 Å². The zero-order valence-corrected chi connectivity index (χ0v) is 15.7. The number of Topliss-reactive ketones (excluding diaryl/α,β-unsaturated/α-hetero) is 2. The highest BCUT2D eigenvalue weighted by molar-refractivity contribution is 7.14. The third-order valence-corrected chi connectivity index (χ3v) is 5.65. The number of ketones is 2. The number of carbonyl (C=O) groups is 3. The number of aryl methyl sites for hydroxylation is 3. The predicted octanol–water partition coefficient (Wildman–Crippen LogP) is 4.32. The molecule has 0 amide bonds. The maximum Gasteiger partial charge on any atom is 0.306 e. The van der Waals surface area contributed by atoms with Crippen molar-refractivity contribution in [3.8, 4) is 0 Å². The number of esters is 1. The zero-order valence-electron chi connectivity index (χ0n) is 14.9. The molecular weight excluding hydrogens is 348 g/mol. The minimum absolute atomic E-state index is 0.00728. The highest BCUT2D eigenvalue weighted by Crippen LogP contribution is 2.23. The van der Waals surface area contributed by atoms with E-state index >= 15 is 0 Å². The Kier molecular flexibility index (Phi) is 5.99. The number of fused-ring (bicyclic) bond motifs is 1. The van der Waals surface area contributed by atoms with Gasteiger partial charge in [0.2, 0.25) is 5.78 Å². The first-order chi connectivity index (χ1) is 12.5. The van der Waals surface area contributed by atoms with Crippen molar-refractivity contribution in [2.75, 3.05) is 6.61 Å². The minimum atomic E-state index is -0.516. The van der Waals surface area contributed by atoms with Crippen molar-refractivity contribution >= 4 is 28.9 Å². The van der Waals surface area contributed by atoms with Gasteiger partial charge >= 0.3 is 5.97 Å². The molecule has 136 valence electrons. The van der Waals surface area contributed by atoms with Gasteiger partial charge in [0.05, 0.1) is 11.3 Å². The van der Waals surface area contributed by atoms with Crippen LogP contribution in [0, 0.1) is 6.92 Å². The Balaban J connectivity index is 1.46. The molecule has 26 heavy (non-hydrogen) atoms. The second-order valence-corrected chi connectivity index (χ2v) is 7.90. The van der Waals surface area contributed by atoms with Crippen LogP contribution >= 0.6 is 11.3 Å². The van der Waals surface area contributed by atoms with Crippen molar-refractivity contribution in [3.63, 3.8) is 0 Å². The predicted molar refractivity (Wildman–Crippen MR) is 101 cm³/mol. The second kappa shape index (κ2) is 8.41. The molecule has 0 radical (unpaired) electrons. The summed E-state index contributed by atoms with van der Waals surface area (Å²) in [7, 11) is 0. The first kappa shape index (κ1) is 18.5. The SMILES string of the molecule is Cc1ccc(C(=O)COC(=O)CCC(=O)c2ccc3c(c2)CCCC3)s1. The van der Waals surface area contributed by atoms with Gasteiger partial charge in [-0.25, -0.2) is 0 Å². The van der Waals surface area contributed by atoms with Crippen LogP contribution in [-0.4, -0.2) is 24.1 Å². The summed E-state index contributed by atoms with van der Waals surface area (Å²) in [5, 5.41) is 0. The van der Waals surface area contributed by atoms with Crippen LogP contribution in [0.4, 0.5) is 0 Å². The largest absolute Gasteiger partial charge is 0.457 e. The van der Waals surface area contributed by atoms with Crippen molar-refractivity contribution in [3.05, 3.63) is 56.8 Å². The quantitative estimate of drug-likeness (QED) is 0.538. The van der Waals surface area contributed by atoms with E-state index in [4.69, 9.17) is 4.74 Å². The van der Waals surface area contributed by atoms with E-state index in [1.165, 1.54) is 28.9 Å². The monoisotopic (exact) mass is 370 g/mol. The van der Waals surface area contributed by atoms with Gasteiger partial charge in [-0.3, -0.25) is 14.4 Å². The van der Waals surface area contributed by atoms with Gasteiger partial charge in [-0.2, -0.15) is 0 Å². The van der Waals surface area contributed by atoms with E-state index in [2.05, 4.69) is 0 Å². The number of thiophene rings is 1. The summed E-state index contributed by atoms with van der Waals surface area (Å²) in [5.41, 5.74) is 3.24. The Hall–Kier alpha value is -2.27. The summed E-state index contributed by atoms with van der Waals surface area (Å²) in [6, 6.07) is 9.43. The van der Waals surface area contributed by atoms with E-state index in [-0.39, 0.29) is 31.0 Å². The van der Waals surface area contributed by atoms with Gasteiger partial charge in [-0.15, -0.1) is 11.3 Å². The van der Waals surface area contributed by atoms with E-state index < -0.39 is 5.97 Å². The van der Waals surface area contributed by atoms with Crippen molar-refractivity contribution in [2.24, 2.45) is 0 Å². The summed E-state index contributed by atoms with van der Waals surface area (Å²) < 4.78 is 5.01. The molecule has 1 aliphatic carbocycles. The van der Waals surface area contributed by atoms with Gasteiger partial charge in [0.1, 0.15) is 0 Å². The number of benzene rings is 1. The summed E-state index contributed by atoms with van der Waals surface area (Å²) in [6.07, 6.45) is 4.55. The second-order valence-electron chi connectivity index (χ2n) is 6.61. The van der Waals surface area contributed by atoms with Crippen LogP contribution in [0.25, 0.3) is 0 Å². The van der Waals surface area contributed by atoms with Crippen molar-refractivity contribution in [2.45, 2.75) is 45.4 Å². The van der Waals surface area contributed by atoms with E-state index in [0.717, 1.165) is 24.1 Å². The standard InChI is InChI=1S/C21H22O4S/c1-14-6-10-20(26-14)19(23)13-25-21(24)11-9-18(22)17-8-7-15-4-2-3-5-16(15)12-17/h6-8,10,12H,2-5,9,11,13H2,1H3. The molecule has 0 saturated heterocycles. The van der Waals surface area contributed by atoms with E-state index in [1.54, 1.807) is 6.07 Å².